The van der Waals surface area contributed by atoms with Gasteiger partial charge < -0.3 is 10.1 Å². The van der Waals surface area contributed by atoms with Crippen LogP contribution >= 0.6 is 23.4 Å². The van der Waals surface area contributed by atoms with Crippen LogP contribution in [-0.4, -0.2) is 18.3 Å². The first-order valence-electron chi connectivity index (χ1n) is 7.00. The van der Waals surface area contributed by atoms with Gasteiger partial charge in [0, 0.05) is 9.92 Å². The second-order valence-electron chi connectivity index (χ2n) is 4.66. The van der Waals surface area contributed by atoms with Gasteiger partial charge in [0.1, 0.15) is 5.75 Å². The van der Waals surface area contributed by atoms with Crippen molar-refractivity contribution in [3.63, 3.8) is 0 Å². The van der Waals surface area contributed by atoms with E-state index in [2.05, 4.69) is 5.32 Å². The number of methoxy groups -OCH3 is 1. The molecule has 0 unspecified atom stereocenters. The van der Waals surface area contributed by atoms with Crippen molar-refractivity contribution in [1.82, 2.24) is 0 Å². The molecule has 1 atom stereocenters. The molecule has 0 bridgehead atoms. The van der Waals surface area contributed by atoms with Crippen molar-refractivity contribution < 1.29 is 9.53 Å². The summed E-state index contributed by atoms with van der Waals surface area (Å²) in [7, 11) is 1.59. The first kappa shape index (κ1) is 16.7. The maximum atomic E-state index is 12.5. The van der Waals surface area contributed by atoms with E-state index in [9.17, 15) is 4.79 Å². The molecule has 5 heteroatoms. The molecular formula is C17H18ClNO2S. The van der Waals surface area contributed by atoms with Crippen molar-refractivity contribution in [2.24, 2.45) is 0 Å². The van der Waals surface area contributed by atoms with Gasteiger partial charge in [0.2, 0.25) is 5.91 Å². The smallest absolute Gasteiger partial charge is 0.237 e. The van der Waals surface area contributed by atoms with Gasteiger partial charge in [0.15, 0.2) is 0 Å². The summed E-state index contributed by atoms with van der Waals surface area (Å²) >= 11 is 7.41. The fraction of sp³-hybridized carbons (Fsp3) is 0.235. The molecular weight excluding hydrogens is 318 g/mol. The Balaban J connectivity index is 2.07. The largest absolute Gasteiger partial charge is 0.495 e. The van der Waals surface area contributed by atoms with Crippen molar-refractivity contribution in [2.75, 3.05) is 12.4 Å². The highest BCUT2D eigenvalue weighted by Crippen LogP contribution is 2.29. The van der Waals surface area contributed by atoms with Crippen LogP contribution in [0.2, 0.25) is 5.02 Å². The van der Waals surface area contributed by atoms with Crippen LogP contribution in [0.25, 0.3) is 0 Å². The Labute approximate surface area is 140 Å². The number of nitrogens with one attached hydrogen (secondary N) is 1. The number of benzene rings is 2. The van der Waals surface area contributed by atoms with Crippen LogP contribution in [0, 0.1) is 0 Å². The van der Waals surface area contributed by atoms with E-state index in [1.807, 2.05) is 55.5 Å². The van der Waals surface area contributed by atoms with Gasteiger partial charge in [-0.05, 0) is 42.8 Å². The number of hydrogen-bond donors (Lipinski definition) is 1. The van der Waals surface area contributed by atoms with Gasteiger partial charge >= 0.3 is 0 Å². The van der Waals surface area contributed by atoms with E-state index in [-0.39, 0.29) is 11.2 Å². The lowest BCUT2D eigenvalue weighted by Crippen LogP contribution is -2.24. The van der Waals surface area contributed by atoms with E-state index < -0.39 is 0 Å². The number of carbonyl (C=O) groups excluding carboxylic acids is 1. The molecule has 0 saturated carbocycles. The highest BCUT2D eigenvalue weighted by molar-refractivity contribution is 8.00. The summed E-state index contributed by atoms with van der Waals surface area (Å²) in [5.41, 5.74) is 0.685. The van der Waals surface area contributed by atoms with Gasteiger partial charge in [0.25, 0.3) is 0 Å². The molecule has 0 aromatic heterocycles. The zero-order chi connectivity index (χ0) is 15.9. The van der Waals surface area contributed by atoms with Gasteiger partial charge in [-0.3, -0.25) is 4.79 Å². The molecule has 1 amide bonds. The minimum Gasteiger partial charge on any atom is -0.495 e. The number of ether oxygens (including phenoxy) is 1. The molecule has 0 aliphatic rings. The van der Waals surface area contributed by atoms with Crippen LogP contribution in [0.5, 0.6) is 5.75 Å². The average molecular weight is 336 g/mol. The third kappa shape index (κ3) is 4.42. The van der Waals surface area contributed by atoms with Gasteiger partial charge in [-0.2, -0.15) is 0 Å². The molecule has 116 valence electrons. The standard InChI is InChI=1S/C17H18ClNO2S/c1-3-16(22-13-10-8-12(18)9-11-13)17(20)19-14-6-4-5-7-15(14)21-2/h4-11,16H,3H2,1-2H3,(H,19,20)/t16-/m1/s1. The SMILES string of the molecule is CC[C@@H](Sc1ccc(Cl)cc1)C(=O)Nc1ccccc1OC. The third-order valence-corrected chi connectivity index (χ3v) is 4.75. The molecule has 0 aliphatic heterocycles. The lowest BCUT2D eigenvalue weighted by atomic mass is 10.2. The fourth-order valence-corrected chi connectivity index (χ4v) is 3.04. The van der Waals surface area contributed by atoms with Crippen LogP contribution in [0.1, 0.15) is 13.3 Å². The van der Waals surface area contributed by atoms with Gasteiger partial charge in [0.05, 0.1) is 18.0 Å². The minimum atomic E-state index is -0.175. The monoisotopic (exact) mass is 335 g/mol. The Morgan fingerprint density at radius 1 is 1.23 bits per heavy atom. The summed E-state index contributed by atoms with van der Waals surface area (Å²) in [5.74, 6) is 0.620. The highest BCUT2D eigenvalue weighted by Gasteiger charge is 2.19. The molecule has 0 aliphatic carbocycles. The van der Waals surface area contributed by atoms with E-state index >= 15 is 0 Å². The Kier molecular flexibility index (Phi) is 6.16. The number of amides is 1. The highest BCUT2D eigenvalue weighted by atomic mass is 35.5. The Bertz CT molecular complexity index is 631. The zero-order valence-electron chi connectivity index (χ0n) is 12.5. The summed E-state index contributed by atoms with van der Waals surface area (Å²) in [4.78, 5) is 13.5. The lowest BCUT2D eigenvalue weighted by Gasteiger charge is -2.16. The van der Waals surface area contributed by atoms with Gasteiger partial charge in [-0.25, -0.2) is 0 Å². The molecule has 2 aromatic rings. The fourth-order valence-electron chi connectivity index (χ4n) is 1.96. The molecule has 2 aromatic carbocycles. The Morgan fingerprint density at radius 2 is 1.91 bits per heavy atom. The summed E-state index contributed by atoms with van der Waals surface area (Å²) < 4.78 is 5.25. The summed E-state index contributed by atoms with van der Waals surface area (Å²) in [6, 6.07) is 14.9. The first-order chi connectivity index (χ1) is 10.6. The quantitative estimate of drug-likeness (QED) is 0.766. The van der Waals surface area contributed by atoms with Crippen LogP contribution in [0.3, 0.4) is 0 Å². The number of carbonyl (C=O) groups is 1. The molecule has 0 radical (unpaired) electrons. The van der Waals surface area contributed by atoms with Gasteiger partial charge in [-0.15, -0.1) is 11.8 Å². The average Bonchev–Trinajstić information content (AvgIpc) is 2.54. The van der Waals surface area contributed by atoms with Crippen LogP contribution in [-0.2, 0) is 4.79 Å². The molecule has 2 rings (SSSR count). The maximum Gasteiger partial charge on any atom is 0.237 e. The first-order valence-corrected chi connectivity index (χ1v) is 8.26. The molecule has 0 heterocycles. The van der Waals surface area contributed by atoms with Gasteiger partial charge in [-0.1, -0.05) is 30.7 Å². The second kappa shape index (κ2) is 8.11. The van der Waals surface area contributed by atoms with E-state index in [0.717, 1.165) is 11.3 Å². The number of thioether (sulfide) groups is 1. The second-order valence-corrected chi connectivity index (χ2v) is 6.37. The molecule has 0 spiro atoms. The summed E-state index contributed by atoms with van der Waals surface area (Å²) in [6.45, 7) is 2.00. The number of halogens is 1. The third-order valence-electron chi connectivity index (χ3n) is 3.12. The van der Waals surface area contributed by atoms with Crippen molar-refractivity contribution in [3.05, 3.63) is 53.6 Å². The molecule has 0 fully saturated rings. The molecule has 22 heavy (non-hydrogen) atoms. The summed E-state index contributed by atoms with van der Waals surface area (Å²) in [5, 5.41) is 3.45. The topological polar surface area (TPSA) is 38.3 Å². The van der Waals surface area contributed by atoms with Crippen molar-refractivity contribution in [2.45, 2.75) is 23.5 Å². The lowest BCUT2D eigenvalue weighted by molar-refractivity contribution is -0.115. The van der Waals surface area contributed by atoms with E-state index in [1.165, 1.54) is 11.8 Å². The van der Waals surface area contributed by atoms with Crippen molar-refractivity contribution in [1.29, 1.82) is 0 Å². The number of anilines is 1. The molecule has 0 saturated heterocycles. The van der Waals surface area contributed by atoms with Crippen LogP contribution < -0.4 is 10.1 Å². The zero-order valence-corrected chi connectivity index (χ0v) is 14.1. The number of hydrogen-bond acceptors (Lipinski definition) is 3. The predicted molar refractivity (Wildman–Crippen MR) is 93.0 cm³/mol. The number of rotatable bonds is 6. The normalized spacial score (nSPS) is 11.8. The maximum absolute atomic E-state index is 12.5. The van der Waals surface area contributed by atoms with E-state index in [0.29, 0.717) is 16.5 Å². The minimum absolute atomic E-state index is 0.0352. The number of para-hydroxylation sites is 2. The van der Waals surface area contributed by atoms with Crippen LogP contribution in [0.15, 0.2) is 53.4 Å². The van der Waals surface area contributed by atoms with Crippen molar-refractivity contribution >= 4 is 35.0 Å². The Morgan fingerprint density at radius 3 is 2.55 bits per heavy atom. The van der Waals surface area contributed by atoms with E-state index in [4.69, 9.17) is 16.3 Å². The van der Waals surface area contributed by atoms with E-state index in [1.54, 1.807) is 7.11 Å². The molecule has 3 nitrogen and oxygen atoms in total. The summed E-state index contributed by atoms with van der Waals surface area (Å²) in [6.07, 6.45) is 0.730. The molecule has 1 N–H and O–H groups in total. The predicted octanol–water partition coefficient (Wildman–Crippen LogP) is 4.86. The van der Waals surface area contributed by atoms with Crippen molar-refractivity contribution in [3.8, 4) is 5.75 Å². The van der Waals surface area contributed by atoms with Crippen LogP contribution in [0.4, 0.5) is 5.69 Å². The Hall–Kier alpha value is -1.65.